The lowest BCUT2D eigenvalue weighted by Gasteiger charge is -2.60. The molecule has 33 heavy (non-hydrogen) atoms. The Balaban J connectivity index is 1.72. The normalized spacial score (nSPS) is 41.8. The average Bonchev–Trinajstić information content (AvgIpc) is 3.04. The molecule has 0 aromatic carbocycles. The lowest BCUT2D eigenvalue weighted by atomic mass is 9.45. The molecule has 0 aromatic heterocycles. The van der Waals surface area contributed by atoms with E-state index in [-0.39, 0.29) is 35.4 Å². The van der Waals surface area contributed by atoms with Crippen molar-refractivity contribution in [3.63, 3.8) is 0 Å². The van der Waals surface area contributed by atoms with Crippen LogP contribution in [0.3, 0.4) is 0 Å². The van der Waals surface area contributed by atoms with Gasteiger partial charge in [0, 0.05) is 25.2 Å². The van der Waals surface area contributed by atoms with Crippen molar-refractivity contribution in [2.24, 2.45) is 28.6 Å². The van der Waals surface area contributed by atoms with E-state index < -0.39 is 41.4 Å². The van der Waals surface area contributed by atoms with Crippen molar-refractivity contribution >= 4 is 23.5 Å². The highest BCUT2D eigenvalue weighted by molar-refractivity contribution is 5.93. The second kappa shape index (κ2) is 8.33. The molecule has 4 aliphatic carbocycles. The first kappa shape index (κ1) is 24.1. The number of hydrogen-bond acceptors (Lipinski definition) is 7. The summed E-state index contributed by atoms with van der Waals surface area (Å²) in [6, 6.07) is 0. The maximum absolute atomic E-state index is 13.5. The smallest absolute Gasteiger partial charge is 0.306 e. The Morgan fingerprint density at radius 2 is 1.88 bits per heavy atom. The van der Waals surface area contributed by atoms with E-state index in [1.165, 1.54) is 6.92 Å². The summed E-state index contributed by atoms with van der Waals surface area (Å²) in [4.78, 5) is 49.4. The van der Waals surface area contributed by atoms with Crippen LogP contribution in [0.1, 0.15) is 79.1 Å². The standard InChI is InChI=1S/C26H36O7/c1-5-22(31)33-26(21(30)14-32-15(2)27)11-9-19-18-7-6-16-12-17(28)8-10-24(16,3)23(18)20(29)13-25(19,26)4/h12,18-20,23,29H,5-11,13-14H2,1-4H3/t18-,19-,20-,23+,24-,25-,26-/m1/s1. The van der Waals surface area contributed by atoms with Crippen molar-refractivity contribution in [2.45, 2.75) is 90.8 Å². The Kier molecular flexibility index (Phi) is 6.09. The van der Waals surface area contributed by atoms with Crippen LogP contribution in [0.4, 0.5) is 0 Å². The number of fused-ring (bicyclic) bond motifs is 5. The Hall–Kier alpha value is -2.02. The van der Waals surface area contributed by atoms with Crippen LogP contribution in [-0.2, 0) is 28.7 Å². The van der Waals surface area contributed by atoms with E-state index in [9.17, 15) is 24.3 Å². The summed E-state index contributed by atoms with van der Waals surface area (Å²) in [6.45, 7) is 6.64. The van der Waals surface area contributed by atoms with Crippen LogP contribution in [0.25, 0.3) is 0 Å². The van der Waals surface area contributed by atoms with Gasteiger partial charge in [0.25, 0.3) is 0 Å². The maximum atomic E-state index is 13.5. The number of rotatable bonds is 5. The van der Waals surface area contributed by atoms with Crippen LogP contribution >= 0.6 is 0 Å². The molecular formula is C26H36O7. The molecule has 1 N–H and O–H groups in total. The second-order valence-electron chi connectivity index (χ2n) is 11.0. The molecule has 7 nitrogen and oxygen atoms in total. The fourth-order valence-corrected chi connectivity index (χ4v) is 7.91. The fraction of sp³-hybridized carbons (Fsp3) is 0.769. The van der Waals surface area contributed by atoms with Crippen molar-refractivity contribution in [2.75, 3.05) is 6.61 Å². The molecular weight excluding hydrogens is 424 g/mol. The van der Waals surface area contributed by atoms with Gasteiger partial charge in [-0.05, 0) is 67.8 Å². The van der Waals surface area contributed by atoms with Crippen molar-refractivity contribution in [3.8, 4) is 0 Å². The van der Waals surface area contributed by atoms with Crippen LogP contribution in [0.5, 0.6) is 0 Å². The third-order valence-electron chi connectivity index (χ3n) is 9.45. The Labute approximate surface area is 195 Å². The van der Waals surface area contributed by atoms with Gasteiger partial charge in [0.2, 0.25) is 5.78 Å². The first-order valence-electron chi connectivity index (χ1n) is 12.3. The fourth-order valence-electron chi connectivity index (χ4n) is 7.91. The van der Waals surface area contributed by atoms with Crippen molar-refractivity contribution in [3.05, 3.63) is 11.6 Å². The van der Waals surface area contributed by atoms with E-state index in [0.717, 1.165) is 24.8 Å². The third-order valence-corrected chi connectivity index (χ3v) is 9.45. The van der Waals surface area contributed by atoms with Gasteiger partial charge >= 0.3 is 11.9 Å². The molecule has 4 aliphatic rings. The molecule has 182 valence electrons. The molecule has 0 bridgehead atoms. The highest BCUT2D eigenvalue weighted by Gasteiger charge is 2.70. The number of carbonyl (C=O) groups excluding carboxylic acids is 4. The summed E-state index contributed by atoms with van der Waals surface area (Å²) in [5.41, 5.74) is -1.25. The zero-order valence-corrected chi connectivity index (χ0v) is 20.1. The third kappa shape index (κ3) is 3.58. The molecule has 3 saturated carbocycles. The molecule has 0 saturated heterocycles. The van der Waals surface area contributed by atoms with Crippen molar-refractivity contribution in [1.29, 1.82) is 0 Å². The predicted octanol–water partition coefficient (Wildman–Crippen LogP) is 3.31. The molecule has 3 fully saturated rings. The Morgan fingerprint density at radius 3 is 2.55 bits per heavy atom. The van der Waals surface area contributed by atoms with E-state index in [0.29, 0.717) is 25.7 Å². The lowest BCUT2D eigenvalue weighted by molar-refractivity contribution is -0.202. The largest absolute Gasteiger partial charge is 0.458 e. The molecule has 0 radical (unpaired) electrons. The number of esters is 2. The molecule has 0 unspecified atom stereocenters. The van der Waals surface area contributed by atoms with Gasteiger partial charge in [-0.3, -0.25) is 19.2 Å². The molecule has 0 aliphatic heterocycles. The predicted molar refractivity (Wildman–Crippen MR) is 119 cm³/mol. The molecule has 0 heterocycles. The van der Waals surface area contributed by atoms with Gasteiger partial charge in [-0.25, -0.2) is 0 Å². The topological polar surface area (TPSA) is 107 Å². The van der Waals surface area contributed by atoms with Gasteiger partial charge in [-0.2, -0.15) is 0 Å². The van der Waals surface area contributed by atoms with Crippen LogP contribution in [0.2, 0.25) is 0 Å². The van der Waals surface area contributed by atoms with Crippen molar-refractivity contribution < 1.29 is 33.8 Å². The highest BCUT2D eigenvalue weighted by atomic mass is 16.6. The maximum Gasteiger partial charge on any atom is 0.306 e. The van der Waals surface area contributed by atoms with Gasteiger partial charge in [0.05, 0.1) is 6.10 Å². The second-order valence-corrected chi connectivity index (χ2v) is 11.0. The Bertz CT molecular complexity index is 906. The van der Waals surface area contributed by atoms with E-state index in [4.69, 9.17) is 9.47 Å². The summed E-state index contributed by atoms with van der Waals surface area (Å²) < 4.78 is 11.0. The molecule has 0 aromatic rings. The molecule has 0 spiro atoms. The summed E-state index contributed by atoms with van der Waals surface area (Å²) in [7, 11) is 0. The summed E-state index contributed by atoms with van der Waals surface area (Å²) in [5, 5.41) is 11.6. The van der Waals surface area contributed by atoms with Crippen LogP contribution < -0.4 is 0 Å². The average molecular weight is 461 g/mol. The van der Waals surface area contributed by atoms with Crippen molar-refractivity contribution in [1.82, 2.24) is 0 Å². The van der Waals surface area contributed by atoms with Crippen LogP contribution in [0, 0.1) is 28.6 Å². The molecule has 7 heteroatoms. The number of carbonyl (C=O) groups is 4. The number of aliphatic hydroxyl groups excluding tert-OH is 1. The summed E-state index contributed by atoms with van der Waals surface area (Å²) in [6.07, 6.45) is 5.55. The lowest BCUT2D eigenvalue weighted by Crippen LogP contribution is -2.63. The molecule has 4 rings (SSSR count). The number of aliphatic hydroxyl groups is 1. The van der Waals surface area contributed by atoms with E-state index in [1.54, 1.807) is 13.0 Å². The zero-order valence-electron chi connectivity index (χ0n) is 20.1. The first-order chi connectivity index (χ1) is 15.5. The monoisotopic (exact) mass is 460 g/mol. The minimum Gasteiger partial charge on any atom is -0.458 e. The Morgan fingerprint density at radius 1 is 1.15 bits per heavy atom. The number of ketones is 2. The van der Waals surface area contributed by atoms with E-state index in [1.807, 2.05) is 6.92 Å². The van der Waals surface area contributed by atoms with E-state index >= 15 is 0 Å². The SMILES string of the molecule is CCC(=O)O[C@@]1(C(=O)COC(C)=O)CC[C@@H]2[C@H]3CCC4=CC(=O)CC[C@@]4(C)[C@@H]3[C@H](O)C[C@]21C. The van der Waals surface area contributed by atoms with Crippen LogP contribution in [0.15, 0.2) is 11.6 Å². The van der Waals surface area contributed by atoms with Gasteiger partial charge < -0.3 is 14.6 Å². The highest BCUT2D eigenvalue weighted by Crippen LogP contribution is 2.68. The van der Waals surface area contributed by atoms with E-state index in [2.05, 4.69) is 6.92 Å². The quantitative estimate of drug-likeness (QED) is 0.627. The van der Waals surface area contributed by atoms with Crippen LogP contribution in [-0.4, -0.2) is 46.9 Å². The summed E-state index contributed by atoms with van der Waals surface area (Å²) >= 11 is 0. The molecule has 0 amide bonds. The number of Topliss-reactive ketones (excluding diaryl/α,β-unsaturated/α-hetero) is 1. The van der Waals surface area contributed by atoms with Gasteiger partial charge in [-0.15, -0.1) is 0 Å². The van der Waals surface area contributed by atoms with Gasteiger partial charge in [0.1, 0.15) is 0 Å². The summed E-state index contributed by atoms with van der Waals surface area (Å²) in [5.74, 6) is -0.999. The number of allylic oxidation sites excluding steroid dienone is 1. The zero-order chi connectivity index (χ0) is 24.2. The van der Waals surface area contributed by atoms with Gasteiger partial charge in [-0.1, -0.05) is 26.3 Å². The number of ether oxygens (including phenoxy) is 2. The minimum absolute atomic E-state index is 0.00456. The molecule has 7 atom stereocenters. The number of hydrogen-bond donors (Lipinski definition) is 1. The first-order valence-corrected chi connectivity index (χ1v) is 12.3. The van der Waals surface area contributed by atoms with Gasteiger partial charge in [0.15, 0.2) is 18.0 Å². The minimum atomic E-state index is -1.41.